The molecule has 1 saturated heterocycles. The zero-order chi connectivity index (χ0) is 32.3. The van der Waals surface area contributed by atoms with E-state index in [1.165, 1.54) is 18.9 Å². The van der Waals surface area contributed by atoms with Crippen molar-refractivity contribution in [2.75, 3.05) is 12.9 Å². The minimum Gasteiger partial charge on any atom is -0.467 e. The highest BCUT2D eigenvalue weighted by Gasteiger charge is 2.38. The van der Waals surface area contributed by atoms with Crippen LogP contribution in [0.4, 0.5) is 4.79 Å². The number of methoxy groups -OCH3 is 1. The van der Waals surface area contributed by atoms with E-state index < -0.39 is 24.3 Å². The zero-order valence-electron chi connectivity index (χ0n) is 25.7. The molecule has 46 heavy (non-hydrogen) atoms. The summed E-state index contributed by atoms with van der Waals surface area (Å²) >= 11 is 1.54. The molecule has 4 aromatic rings. The number of thioether (sulfide) groups is 1. The molecule has 5 atom stereocenters. The number of benzene rings is 3. The first-order valence-electron chi connectivity index (χ1n) is 15.1. The molecule has 1 aliphatic rings. The van der Waals surface area contributed by atoms with Crippen LogP contribution in [-0.2, 0) is 38.6 Å². The molecular formula is C35H38N4O6S. The third-order valence-corrected chi connectivity index (χ3v) is 8.79. The molecule has 0 bridgehead atoms. The lowest BCUT2D eigenvalue weighted by Crippen LogP contribution is -2.47. The van der Waals surface area contributed by atoms with E-state index in [9.17, 15) is 14.7 Å². The normalized spacial score (nSPS) is 20.0. The number of carbonyl (C=O) groups is 2. The van der Waals surface area contributed by atoms with Crippen molar-refractivity contribution >= 4 is 23.8 Å². The first kappa shape index (κ1) is 33.1. The monoisotopic (exact) mass is 642 g/mol. The molecule has 11 heteroatoms. The number of ether oxygens (including phenoxy) is 3. The second kappa shape index (κ2) is 16.3. The number of esters is 1. The molecule has 3 aromatic carbocycles. The van der Waals surface area contributed by atoms with E-state index in [0.29, 0.717) is 17.3 Å². The number of aromatic nitrogens is 2. The summed E-state index contributed by atoms with van der Waals surface area (Å²) in [5.74, 6) is 0.162. The summed E-state index contributed by atoms with van der Waals surface area (Å²) in [5.41, 5.74) is 4.47. The van der Waals surface area contributed by atoms with Crippen LogP contribution in [0.5, 0.6) is 0 Å². The fourth-order valence-corrected chi connectivity index (χ4v) is 6.16. The third kappa shape index (κ3) is 8.91. The molecule has 5 rings (SSSR count). The summed E-state index contributed by atoms with van der Waals surface area (Å²) in [7, 11) is 1.30. The summed E-state index contributed by atoms with van der Waals surface area (Å²) in [4.78, 5) is 33.7. The Morgan fingerprint density at radius 2 is 1.57 bits per heavy atom. The van der Waals surface area contributed by atoms with Crippen LogP contribution in [0.25, 0.3) is 0 Å². The quantitative estimate of drug-likeness (QED) is 0.109. The second-order valence-corrected chi connectivity index (χ2v) is 12.0. The van der Waals surface area contributed by atoms with Gasteiger partial charge in [-0.1, -0.05) is 97.5 Å². The van der Waals surface area contributed by atoms with Gasteiger partial charge in [0.25, 0.3) is 0 Å². The van der Waals surface area contributed by atoms with Gasteiger partial charge in [0.1, 0.15) is 6.04 Å². The molecular weight excluding hydrogens is 604 g/mol. The summed E-state index contributed by atoms with van der Waals surface area (Å²) in [6, 6.07) is 25.4. The molecule has 5 unspecified atom stereocenters. The minimum absolute atomic E-state index is 0.0220. The smallest absolute Gasteiger partial charge is 0.328 e. The molecule has 2 heterocycles. The molecule has 10 nitrogen and oxygen atoms in total. The van der Waals surface area contributed by atoms with E-state index in [2.05, 4.69) is 27.5 Å². The molecule has 1 aliphatic heterocycles. The lowest BCUT2D eigenvalue weighted by Gasteiger charge is -2.41. The SMILES string of the molecule is COC(=O)C(Cc1ccccc1)NC(=O)NCc1ccc(C2OC(CSc3ncccn3)C(C)C(c3ccc(CO)cc3)O2)cc1. The Labute approximate surface area is 272 Å². The lowest BCUT2D eigenvalue weighted by molar-refractivity contribution is -0.268. The van der Waals surface area contributed by atoms with Gasteiger partial charge in [-0.3, -0.25) is 0 Å². The van der Waals surface area contributed by atoms with Gasteiger partial charge in [-0.05, 0) is 28.3 Å². The van der Waals surface area contributed by atoms with Gasteiger partial charge in [-0.2, -0.15) is 0 Å². The van der Waals surface area contributed by atoms with Crippen LogP contribution in [-0.4, -0.2) is 52.1 Å². The number of carbonyl (C=O) groups excluding carboxylic acids is 2. The highest BCUT2D eigenvalue weighted by atomic mass is 32.2. The number of nitrogens with zero attached hydrogens (tertiary/aromatic N) is 2. The van der Waals surface area contributed by atoms with Crippen molar-refractivity contribution in [2.24, 2.45) is 5.92 Å². The predicted octanol–water partition coefficient (Wildman–Crippen LogP) is 5.14. The van der Waals surface area contributed by atoms with E-state index in [1.807, 2.05) is 78.9 Å². The van der Waals surface area contributed by atoms with E-state index in [-0.39, 0.29) is 31.3 Å². The third-order valence-electron chi connectivity index (χ3n) is 7.82. The van der Waals surface area contributed by atoms with Gasteiger partial charge in [0.2, 0.25) is 0 Å². The Kier molecular flexibility index (Phi) is 11.7. The highest BCUT2D eigenvalue weighted by Crippen LogP contribution is 2.42. The van der Waals surface area contributed by atoms with Gasteiger partial charge < -0.3 is 30.0 Å². The average Bonchev–Trinajstić information content (AvgIpc) is 3.11. The first-order chi connectivity index (χ1) is 22.4. The van der Waals surface area contributed by atoms with Crippen LogP contribution in [0.2, 0.25) is 0 Å². The number of nitrogens with one attached hydrogen (secondary N) is 2. The Balaban J connectivity index is 1.23. The van der Waals surface area contributed by atoms with Crippen LogP contribution < -0.4 is 10.6 Å². The summed E-state index contributed by atoms with van der Waals surface area (Å²) < 4.78 is 17.9. The average molecular weight is 643 g/mol. The first-order valence-corrected chi connectivity index (χ1v) is 16.1. The molecule has 1 aromatic heterocycles. The molecule has 1 fully saturated rings. The van der Waals surface area contributed by atoms with Crippen molar-refractivity contribution in [3.63, 3.8) is 0 Å². The standard InChI is InChI=1S/C35H38N4O6S/c1-23-30(22-46-35-36-17-6-18-37-35)44-33(45-31(23)27-13-11-26(21-40)12-14-27)28-15-9-25(10-16-28)20-38-34(42)39-29(32(41)43-2)19-24-7-4-3-5-8-24/h3-18,23,29-31,33,40H,19-22H2,1-2H3,(H2,38,39,42). The Bertz CT molecular complexity index is 1540. The summed E-state index contributed by atoms with van der Waals surface area (Å²) in [6.07, 6.45) is 2.75. The van der Waals surface area contributed by atoms with Gasteiger partial charge in [0.05, 0.1) is 25.9 Å². The molecule has 3 N–H and O–H groups in total. The van der Waals surface area contributed by atoms with Crippen LogP contribution in [0.1, 0.15) is 47.1 Å². The topological polar surface area (TPSA) is 132 Å². The number of amides is 2. The molecule has 0 aliphatic carbocycles. The summed E-state index contributed by atoms with van der Waals surface area (Å²) in [6.45, 7) is 2.35. The van der Waals surface area contributed by atoms with Crippen molar-refractivity contribution in [2.45, 2.75) is 56.2 Å². The highest BCUT2D eigenvalue weighted by molar-refractivity contribution is 7.99. The maximum absolute atomic E-state index is 12.7. The fraction of sp³-hybridized carbons (Fsp3) is 0.314. The number of rotatable bonds is 12. The maximum Gasteiger partial charge on any atom is 0.328 e. The van der Waals surface area contributed by atoms with Gasteiger partial charge >= 0.3 is 12.0 Å². The van der Waals surface area contributed by atoms with Crippen molar-refractivity contribution in [1.29, 1.82) is 0 Å². The lowest BCUT2D eigenvalue weighted by atomic mass is 9.91. The van der Waals surface area contributed by atoms with Crippen molar-refractivity contribution in [3.8, 4) is 0 Å². The molecule has 0 radical (unpaired) electrons. The van der Waals surface area contributed by atoms with Crippen molar-refractivity contribution in [1.82, 2.24) is 20.6 Å². The molecule has 0 spiro atoms. The fourth-order valence-electron chi connectivity index (χ4n) is 5.20. The van der Waals surface area contributed by atoms with E-state index in [1.54, 1.807) is 18.5 Å². The van der Waals surface area contributed by atoms with E-state index in [4.69, 9.17) is 14.2 Å². The number of urea groups is 1. The van der Waals surface area contributed by atoms with Crippen LogP contribution in [0.3, 0.4) is 0 Å². The Hall–Kier alpha value is -4.29. The Morgan fingerprint density at radius 1 is 0.891 bits per heavy atom. The maximum atomic E-state index is 12.7. The molecule has 240 valence electrons. The van der Waals surface area contributed by atoms with Gasteiger partial charge in [0, 0.05) is 42.6 Å². The number of aliphatic hydroxyl groups excluding tert-OH is 1. The van der Waals surface area contributed by atoms with Crippen LogP contribution in [0, 0.1) is 5.92 Å². The van der Waals surface area contributed by atoms with Gasteiger partial charge in [-0.15, -0.1) is 0 Å². The van der Waals surface area contributed by atoms with E-state index >= 15 is 0 Å². The number of hydrogen-bond donors (Lipinski definition) is 3. The van der Waals surface area contributed by atoms with E-state index in [0.717, 1.165) is 27.8 Å². The predicted molar refractivity (Wildman–Crippen MR) is 173 cm³/mol. The molecule has 0 saturated carbocycles. The number of hydrogen-bond acceptors (Lipinski definition) is 9. The summed E-state index contributed by atoms with van der Waals surface area (Å²) in [5, 5.41) is 15.7. The van der Waals surface area contributed by atoms with Crippen LogP contribution >= 0.6 is 11.8 Å². The molecule has 2 amide bonds. The largest absolute Gasteiger partial charge is 0.467 e. The zero-order valence-corrected chi connectivity index (χ0v) is 26.6. The van der Waals surface area contributed by atoms with Gasteiger partial charge in [0.15, 0.2) is 11.4 Å². The Morgan fingerprint density at radius 3 is 2.24 bits per heavy atom. The van der Waals surface area contributed by atoms with Crippen molar-refractivity contribution in [3.05, 3.63) is 125 Å². The van der Waals surface area contributed by atoms with Crippen molar-refractivity contribution < 1.29 is 28.9 Å². The second-order valence-electron chi connectivity index (χ2n) is 11.0. The number of aliphatic hydroxyl groups is 1. The van der Waals surface area contributed by atoms with Gasteiger partial charge in [-0.25, -0.2) is 19.6 Å². The minimum atomic E-state index is -0.815. The van der Waals surface area contributed by atoms with Crippen LogP contribution in [0.15, 0.2) is 102 Å².